The summed E-state index contributed by atoms with van der Waals surface area (Å²) in [4.78, 5) is 24.5. The Bertz CT molecular complexity index is 1390. The van der Waals surface area contributed by atoms with Crippen LogP contribution >= 0.6 is 0 Å². The number of benzene rings is 3. The molecule has 2 amide bonds. The van der Waals surface area contributed by atoms with Gasteiger partial charge in [0, 0.05) is 5.69 Å². The number of carbonyl (C=O) groups excluding carboxylic acids is 2. The average Bonchev–Trinajstić information content (AvgIpc) is 2.85. The van der Waals surface area contributed by atoms with Gasteiger partial charge in [0.25, 0.3) is 11.8 Å². The van der Waals surface area contributed by atoms with Crippen LogP contribution in [0.5, 0.6) is 5.75 Å². The second kappa shape index (κ2) is 12.2. The Hall–Kier alpha value is -4.18. The van der Waals surface area contributed by atoms with Gasteiger partial charge in [0.2, 0.25) is 10.0 Å². The molecule has 3 aromatic rings. The number of carbonyl (C=O) groups is 2. The molecule has 3 aromatic carbocycles. The quantitative estimate of drug-likeness (QED) is 0.312. The molecule has 9 nitrogen and oxygen atoms in total. The van der Waals surface area contributed by atoms with E-state index < -0.39 is 22.5 Å². The highest BCUT2D eigenvalue weighted by Gasteiger charge is 2.22. The number of ether oxygens (including phenoxy) is 1. The molecule has 10 heteroatoms. The van der Waals surface area contributed by atoms with Gasteiger partial charge in [-0.2, -0.15) is 5.10 Å². The van der Waals surface area contributed by atoms with Gasteiger partial charge in [0.1, 0.15) is 12.3 Å². The molecule has 3 rings (SSSR count). The SMILES string of the molecule is Cc1ccc(NC(=O)COc2ccc(/C=N/NC(=O)CN(c3cccc(C)c3C)S(C)(=O)=O)cc2)cc1. The normalized spacial score (nSPS) is 11.2. The van der Waals surface area contributed by atoms with Crippen molar-refractivity contribution in [1.29, 1.82) is 0 Å². The molecule has 0 saturated carbocycles. The fraction of sp³-hybridized carbons (Fsp3) is 0.222. The van der Waals surface area contributed by atoms with Crippen LogP contribution in [0.3, 0.4) is 0 Å². The van der Waals surface area contributed by atoms with E-state index in [-0.39, 0.29) is 12.5 Å². The number of hydrogen-bond donors (Lipinski definition) is 2. The van der Waals surface area contributed by atoms with Gasteiger partial charge in [0.15, 0.2) is 6.61 Å². The van der Waals surface area contributed by atoms with Crippen LogP contribution < -0.4 is 19.8 Å². The summed E-state index contributed by atoms with van der Waals surface area (Å²) in [5, 5.41) is 6.68. The number of nitrogens with one attached hydrogen (secondary N) is 2. The van der Waals surface area contributed by atoms with Crippen LogP contribution in [0.4, 0.5) is 11.4 Å². The molecule has 0 bridgehead atoms. The summed E-state index contributed by atoms with van der Waals surface area (Å²) in [7, 11) is -3.69. The van der Waals surface area contributed by atoms with Gasteiger partial charge in [-0.3, -0.25) is 13.9 Å². The Morgan fingerprint density at radius 1 is 0.946 bits per heavy atom. The Morgan fingerprint density at radius 3 is 2.27 bits per heavy atom. The molecular weight excluding hydrogens is 492 g/mol. The minimum Gasteiger partial charge on any atom is -0.484 e. The first-order valence-corrected chi connectivity index (χ1v) is 13.3. The van der Waals surface area contributed by atoms with Crippen LogP contribution in [0.15, 0.2) is 71.8 Å². The summed E-state index contributed by atoms with van der Waals surface area (Å²) in [5.41, 5.74) is 6.98. The first-order valence-electron chi connectivity index (χ1n) is 11.5. The lowest BCUT2D eigenvalue weighted by Gasteiger charge is -2.23. The van der Waals surface area contributed by atoms with E-state index in [4.69, 9.17) is 4.74 Å². The lowest BCUT2D eigenvalue weighted by molar-refractivity contribution is -0.119. The fourth-order valence-corrected chi connectivity index (χ4v) is 4.27. The first kappa shape index (κ1) is 27.4. The number of aryl methyl sites for hydroxylation is 2. The molecule has 0 heterocycles. The highest BCUT2D eigenvalue weighted by atomic mass is 32.2. The van der Waals surface area contributed by atoms with E-state index in [2.05, 4.69) is 15.8 Å². The maximum absolute atomic E-state index is 12.4. The molecule has 0 aliphatic heterocycles. The van der Waals surface area contributed by atoms with Crippen molar-refractivity contribution in [3.63, 3.8) is 0 Å². The van der Waals surface area contributed by atoms with Crippen LogP contribution in [-0.2, 0) is 19.6 Å². The zero-order valence-electron chi connectivity index (χ0n) is 21.2. The second-order valence-electron chi connectivity index (χ2n) is 8.55. The van der Waals surface area contributed by atoms with E-state index in [1.807, 2.05) is 51.1 Å². The largest absolute Gasteiger partial charge is 0.484 e. The van der Waals surface area contributed by atoms with E-state index in [1.54, 1.807) is 36.4 Å². The van der Waals surface area contributed by atoms with Crippen molar-refractivity contribution in [2.75, 3.05) is 29.0 Å². The molecule has 0 unspecified atom stereocenters. The summed E-state index contributed by atoms with van der Waals surface area (Å²) in [6, 6.07) is 19.5. The average molecular weight is 523 g/mol. The molecular formula is C27H30N4O5S. The smallest absolute Gasteiger partial charge is 0.262 e. The van der Waals surface area contributed by atoms with Gasteiger partial charge in [-0.1, -0.05) is 29.8 Å². The minimum absolute atomic E-state index is 0.144. The van der Waals surface area contributed by atoms with Gasteiger partial charge >= 0.3 is 0 Å². The van der Waals surface area contributed by atoms with Crippen molar-refractivity contribution >= 4 is 39.4 Å². The number of rotatable bonds is 10. The van der Waals surface area contributed by atoms with Crippen LogP contribution in [0.25, 0.3) is 0 Å². The van der Waals surface area contributed by atoms with E-state index >= 15 is 0 Å². The minimum atomic E-state index is -3.69. The summed E-state index contributed by atoms with van der Waals surface area (Å²) in [5.74, 6) is -0.360. The maximum Gasteiger partial charge on any atom is 0.262 e. The molecule has 0 aromatic heterocycles. The zero-order chi connectivity index (χ0) is 27.0. The molecule has 0 aliphatic carbocycles. The van der Waals surface area contributed by atoms with Gasteiger partial charge < -0.3 is 10.1 Å². The lowest BCUT2D eigenvalue weighted by Crippen LogP contribution is -2.39. The van der Waals surface area contributed by atoms with Crippen LogP contribution in [0.1, 0.15) is 22.3 Å². The Morgan fingerprint density at radius 2 is 1.62 bits per heavy atom. The molecule has 0 spiro atoms. The van der Waals surface area contributed by atoms with Gasteiger partial charge in [-0.25, -0.2) is 13.8 Å². The number of anilines is 2. The van der Waals surface area contributed by atoms with Gasteiger partial charge in [0.05, 0.1) is 18.2 Å². The van der Waals surface area contributed by atoms with Crippen molar-refractivity contribution in [1.82, 2.24) is 5.43 Å². The van der Waals surface area contributed by atoms with Crippen molar-refractivity contribution in [3.05, 3.63) is 89.0 Å². The van der Waals surface area contributed by atoms with Crippen LogP contribution in [0, 0.1) is 20.8 Å². The topological polar surface area (TPSA) is 117 Å². The summed E-state index contributed by atoms with van der Waals surface area (Å²) < 4.78 is 31.2. The monoisotopic (exact) mass is 522 g/mol. The zero-order valence-corrected chi connectivity index (χ0v) is 22.0. The number of sulfonamides is 1. The number of hydrogen-bond acceptors (Lipinski definition) is 6. The second-order valence-corrected chi connectivity index (χ2v) is 10.5. The van der Waals surface area contributed by atoms with Crippen molar-refractivity contribution in [2.24, 2.45) is 5.10 Å². The Kier molecular flexibility index (Phi) is 9.02. The molecule has 0 saturated heterocycles. The van der Waals surface area contributed by atoms with Crippen molar-refractivity contribution in [2.45, 2.75) is 20.8 Å². The van der Waals surface area contributed by atoms with E-state index in [9.17, 15) is 18.0 Å². The summed E-state index contributed by atoms with van der Waals surface area (Å²) in [6.45, 7) is 5.10. The number of hydrazone groups is 1. The third-order valence-electron chi connectivity index (χ3n) is 5.52. The summed E-state index contributed by atoms with van der Waals surface area (Å²) >= 11 is 0. The highest BCUT2D eigenvalue weighted by molar-refractivity contribution is 7.92. The molecule has 0 aliphatic rings. The molecule has 194 valence electrons. The fourth-order valence-electron chi connectivity index (χ4n) is 3.36. The van der Waals surface area contributed by atoms with Gasteiger partial charge in [-0.15, -0.1) is 0 Å². The molecule has 0 radical (unpaired) electrons. The van der Waals surface area contributed by atoms with E-state index in [0.717, 1.165) is 27.3 Å². The highest BCUT2D eigenvalue weighted by Crippen LogP contribution is 2.24. The van der Waals surface area contributed by atoms with Crippen LogP contribution in [0.2, 0.25) is 0 Å². The molecule has 0 atom stereocenters. The molecule has 0 fully saturated rings. The van der Waals surface area contributed by atoms with Gasteiger partial charge in [-0.05, 0) is 79.9 Å². The van der Waals surface area contributed by atoms with E-state index in [1.165, 1.54) is 6.21 Å². The Labute approximate surface area is 217 Å². The van der Waals surface area contributed by atoms with Crippen molar-refractivity contribution < 1.29 is 22.7 Å². The van der Waals surface area contributed by atoms with E-state index in [0.29, 0.717) is 22.7 Å². The number of amides is 2. The lowest BCUT2D eigenvalue weighted by atomic mass is 10.1. The molecule has 2 N–H and O–H groups in total. The number of nitrogens with zero attached hydrogens (tertiary/aromatic N) is 2. The molecule has 37 heavy (non-hydrogen) atoms. The standard InChI is InChI=1S/C27H30N4O5S/c1-19-8-12-23(13-9-19)29-27(33)18-36-24-14-10-22(11-15-24)16-28-30-26(32)17-31(37(4,34)35)25-7-5-6-20(2)21(25)3/h5-16H,17-18H2,1-4H3,(H,29,33)(H,30,32)/b28-16+. The van der Waals surface area contributed by atoms with Crippen molar-refractivity contribution in [3.8, 4) is 5.75 Å². The third-order valence-corrected chi connectivity index (χ3v) is 6.65. The predicted octanol–water partition coefficient (Wildman–Crippen LogP) is 3.55. The Balaban J connectivity index is 1.51. The van der Waals surface area contributed by atoms with Crippen LogP contribution in [-0.4, -0.2) is 45.9 Å². The summed E-state index contributed by atoms with van der Waals surface area (Å²) in [6.07, 6.45) is 2.48. The third kappa shape index (κ3) is 8.18. The first-order chi connectivity index (χ1) is 17.5. The maximum atomic E-state index is 12.4. The predicted molar refractivity (Wildman–Crippen MR) is 146 cm³/mol.